The highest BCUT2D eigenvalue weighted by atomic mass is 16.5. The highest BCUT2D eigenvalue weighted by Gasteiger charge is 2.27. The molecule has 8 heteroatoms. The molecule has 2 N–H and O–H groups in total. The number of anilines is 1. The fraction of sp³-hybridized carbons (Fsp3) is 0.238. The van der Waals surface area contributed by atoms with Crippen LogP contribution >= 0.6 is 0 Å². The number of amides is 3. The van der Waals surface area contributed by atoms with Gasteiger partial charge in [-0.25, -0.2) is 4.79 Å². The number of para-hydroxylation sites is 1. The quantitative estimate of drug-likeness (QED) is 0.626. The number of ether oxygens (including phenoxy) is 1. The second-order valence-corrected chi connectivity index (χ2v) is 6.10. The second kappa shape index (κ2) is 11.2. The predicted molar refractivity (Wildman–Crippen MR) is 107 cm³/mol. The first-order valence-corrected chi connectivity index (χ1v) is 9.02. The Labute approximate surface area is 168 Å². The molecule has 0 radical (unpaired) electrons. The van der Waals surface area contributed by atoms with Gasteiger partial charge in [0, 0.05) is 12.7 Å². The van der Waals surface area contributed by atoms with Crippen LogP contribution in [0.3, 0.4) is 0 Å². The SMILES string of the molecule is CNC(=O)CC(C=O)N(C(=O)CNC(=O)OCc1ccccc1)c1ccccc1. The largest absolute Gasteiger partial charge is 0.445 e. The van der Waals surface area contributed by atoms with Crippen molar-refractivity contribution in [1.82, 2.24) is 10.6 Å². The third-order valence-corrected chi connectivity index (χ3v) is 4.06. The zero-order valence-electron chi connectivity index (χ0n) is 16.0. The van der Waals surface area contributed by atoms with Gasteiger partial charge >= 0.3 is 6.09 Å². The highest BCUT2D eigenvalue weighted by Crippen LogP contribution is 2.18. The van der Waals surface area contributed by atoms with E-state index in [2.05, 4.69) is 10.6 Å². The van der Waals surface area contributed by atoms with E-state index in [0.29, 0.717) is 12.0 Å². The molecule has 0 bridgehead atoms. The Morgan fingerprint density at radius 3 is 2.24 bits per heavy atom. The summed E-state index contributed by atoms with van der Waals surface area (Å²) in [7, 11) is 1.45. The van der Waals surface area contributed by atoms with Crippen molar-refractivity contribution in [3.63, 3.8) is 0 Å². The molecular formula is C21H23N3O5. The van der Waals surface area contributed by atoms with Gasteiger partial charge in [0.1, 0.15) is 25.5 Å². The minimum absolute atomic E-state index is 0.0664. The van der Waals surface area contributed by atoms with Gasteiger partial charge < -0.3 is 25.1 Å². The van der Waals surface area contributed by atoms with Crippen LogP contribution in [-0.4, -0.2) is 43.8 Å². The number of rotatable bonds is 9. The summed E-state index contributed by atoms with van der Waals surface area (Å²) < 4.78 is 5.08. The van der Waals surface area contributed by atoms with Gasteiger partial charge in [0.25, 0.3) is 0 Å². The summed E-state index contributed by atoms with van der Waals surface area (Å²) in [6.07, 6.45) is -0.420. The van der Waals surface area contributed by atoms with E-state index < -0.39 is 18.0 Å². The lowest BCUT2D eigenvalue weighted by Gasteiger charge is -2.28. The van der Waals surface area contributed by atoms with Crippen LogP contribution in [-0.2, 0) is 25.7 Å². The third-order valence-electron chi connectivity index (χ3n) is 4.06. The number of alkyl carbamates (subject to hydrolysis) is 1. The molecule has 0 aromatic heterocycles. The van der Waals surface area contributed by atoms with Crippen LogP contribution in [0.4, 0.5) is 10.5 Å². The van der Waals surface area contributed by atoms with E-state index >= 15 is 0 Å². The number of hydrogen-bond donors (Lipinski definition) is 2. The standard InChI is InChI=1S/C21H23N3O5/c1-22-19(26)12-18(14-25)24(17-10-6-3-7-11-17)20(27)13-23-21(28)29-15-16-8-4-2-5-9-16/h2-11,14,18H,12-13,15H2,1H3,(H,22,26)(H,23,28). The minimum Gasteiger partial charge on any atom is -0.445 e. The number of benzene rings is 2. The number of carbonyl (C=O) groups is 4. The molecular weight excluding hydrogens is 374 g/mol. The van der Waals surface area contributed by atoms with Crippen molar-refractivity contribution in [2.45, 2.75) is 19.1 Å². The lowest BCUT2D eigenvalue weighted by atomic mass is 10.1. The van der Waals surface area contributed by atoms with Crippen LogP contribution in [0, 0.1) is 0 Å². The molecule has 2 aromatic carbocycles. The summed E-state index contributed by atoms with van der Waals surface area (Å²) in [5.41, 5.74) is 1.25. The molecule has 0 aliphatic rings. The second-order valence-electron chi connectivity index (χ2n) is 6.10. The normalized spacial score (nSPS) is 11.1. The van der Waals surface area contributed by atoms with Crippen LogP contribution in [0.15, 0.2) is 60.7 Å². The van der Waals surface area contributed by atoms with Crippen LogP contribution in [0.5, 0.6) is 0 Å². The summed E-state index contributed by atoms with van der Waals surface area (Å²) in [6, 6.07) is 16.6. The van der Waals surface area contributed by atoms with E-state index in [1.54, 1.807) is 30.3 Å². The minimum atomic E-state index is -1.01. The van der Waals surface area contributed by atoms with Gasteiger partial charge in [-0.2, -0.15) is 0 Å². The molecule has 0 aliphatic heterocycles. The molecule has 1 unspecified atom stereocenters. The molecule has 0 spiro atoms. The van der Waals surface area contributed by atoms with E-state index in [4.69, 9.17) is 4.74 Å². The molecule has 3 amide bonds. The maximum atomic E-state index is 12.8. The molecule has 0 aliphatic carbocycles. The zero-order valence-corrected chi connectivity index (χ0v) is 16.0. The zero-order chi connectivity index (χ0) is 21.1. The van der Waals surface area contributed by atoms with E-state index in [-0.39, 0.29) is 25.5 Å². The van der Waals surface area contributed by atoms with Crippen molar-refractivity contribution in [1.29, 1.82) is 0 Å². The van der Waals surface area contributed by atoms with Crippen molar-refractivity contribution in [2.24, 2.45) is 0 Å². The van der Waals surface area contributed by atoms with Gasteiger partial charge in [0.2, 0.25) is 11.8 Å². The summed E-state index contributed by atoms with van der Waals surface area (Å²) in [6.45, 7) is -0.322. The van der Waals surface area contributed by atoms with Crippen LogP contribution in [0.2, 0.25) is 0 Å². The Morgan fingerprint density at radius 2 is 1.66 bits per heavy atom. The smallest absolute Gasteiger partial charge is 0.407 e. The Balaban J connectivity index is 2.02. The average Bonchev–Trinajstić information content (AvgIpc) is 2.77. The van der Waals surface area contributed by atoms with Crippen molar-refractivity contribution < 1.29 is 23.9 Å². The number of nitrogens with one attached hydrogen (secondary N) is 2. The monoisotopic (exact) mass is 397 g/mol. The average molecular weight is 397 g/mol. The van der Waals surface area contributed by atoms with Crippen LogP contribution in [0.25, 0.3) is 0 Å². The van der Waals surface area contributed by atoms with Crippen molar-refractivity contribution in [2.75, 3.05) is 18.5 Å². The first kappa shape index (κ1) is 21.6. The number of carbonyl (C=O) groups excluding carboxylic acids is 4. The van der Waals surface area contributed by atoms with Crippen LogP contribution < -0.4 is 15.5 Å². The molecule has 29 heavy (non-hydrogen) atoms. The maximum Gasteiger partial charge on any atom is 0.407 e. The van der Waals surface area contributed by atoms with Crippen LogP contribution in [0.1, 0.15) is 12.0 Å². The molecule has 2 rings (SSSR count). The molecule has 2 aromatic rings. The number of hydrogen-bond acceptors (Lipinski definition) is 5. The first-order chi connectivity index (χ1) is 14.0. The fourth-order valence-electron chi connectivity index (χ4n) is 2.61. The van der Waals surface area contributed by atoms with Gasteiger partial charge in [-0.15, -0.1) is 0 Å². The molecule has 0 heterocycles. The molecule has 0 saturated heterocycles. The molecule has 8 nitrogen and oxygen atoms in total. The summed E-state index contributed by atoms with van der Waals surface area (Å²) in [5.74, 6) is -0.931. The topological polar surface area (TPSA) is 105 Å². The Morgan fingerprint density at radius 1 is 1.03 bits per heavy atom. The molecule has 1 atom stereocenters. The first-order valence-electron chi connectivity index (χ1n) is 9.02. The number of aldehydes is 1. The van der Waals surface area contributed by atoms with Crippen molar-refractivity contribution in [3.05, 3.63) is 66.2 Å². The van der Waals surface area contributed by atoms with Gasteiger partial charge in [0.15, 0.2) is 0 Å². The maximum absolute atomic E-state index is 12.8. The highest BCUT2D eigenvalue weighted by molar-refractivity contribution is 6.00. The van der Waals surface area contributed by atoms with E-state index in [1.165, 1.54) is 11.9 Å². The molecule has 152 valence electrons. The van der Waals surface area contributed by atoms with E-state index in [0.717, 1.165) is 5.56 Å². The van der Waals surface area contributed by atoms with Crippen molar-refractivity contribution in [3.8, 4) is 0 Å². The Hall–Kier alpha value is -3.68. The summed E-state index contributed by atoms with van der Waals surface area (Å²) in [4.78, 5) is 49.2. The van der Waals surface area contributed by atoms with Gasteiger partial charge in [-0.05, 0) is 17.7 Å². The van der Waals surface area contributed by atoms with Gasteiger partial charge in [0.05, 0.1) is 6.42 Å². The lowest BCUT2D eigenvalue weighted by molar-refractivity contribution is -0.124. The lowest BCUT2D eigenvalue weighted by Crippen LogP contribution is -2.48. The van der Waals surface area contributed by atoms with Gasteiger partial charge in [-0.1, -0.05) is 48.5 Å². The van der Waals surface area contributed by atoms with Gasteiger partial charge in [-0.3, -0.25) is 9.59 Å². The summed E-state index contributed by atoms with van der Waals surface area (Å²) in [5, 5.41) is 4.81. The van der Waals surface area contributed by atoms with E-state index in [1.807, 2.05) is 30.3 Å². The van der Waals surface area contributed by atoms with E-state index in [9.17, 15) is 19.2 Å². The third kappa shape index (κ3) is 6.76. The predicted octanol–water partition coefficient (Wildman–Crippen LogP) is 1.65. The molecule has 0 saturated carbocycles. The Kier molecular flexibility index (Phi) is 8.37. The van der Waals surface area contributed by atoms with Crippen molar-refractivity contribution >= 4 is 29.9 Å². The summed E-state index contributed by atoms with van der Waals surface area (Å²) >= 11 is 0. The number of nitrogens with zero attached hydrogens (tertiary/aromatic N) is 1. The fourth-order valence-corrected chi connectivity index (χ4v) is 2.61. The Bertz CT molecular complexity index is 827. The molecule has 0 fully saturated rings.